The number of nitrogens with one attached hydrogen (secondary N) is 1. The number of carbonyl (C=O) groups is 1. The zero-order valence-electron chi connectivity index (χ0n) is 17.8. The Hall–Kier alpha value is -2.27. The quantitative estimate of drug-likeness (QED) is 0.708. The van der Waals surface area contributed by atoms with Gasteiger partial charge in [-0.1, -0.05) is 6.07 Å². The van der Waals surface area contributed by atoms with E-state index in [9.17, 15) is 13.2 Å². The second-order valence-corrected chi connectivity index (χ2v) is 9.79. The van der Waals surface area contributed by atoms with E-state index in [1.54, 1.807) is 29.2 Å². The first-order valence-electron chi connectivity index (χ1n) is 9.89. The molecule has 2 atom stereocenters. The minimum Gasteiger partial charge on any atom is -0.373 e. The molecule has 1 N–H and O–H groups in total. The van der Waals surface area contributed by atoms with E-state index in [2.05, 4.69) is 10.4 Å². The highest BCUT2D eigenvalue weighted by Crippen LogP contribution is 2.22. The molecule has 2 heterocycles. The third-order valence-electron chi connectivity index (χ3n) is 4.79. The van der Waals surface area contributed by atoms with Gasteiger partial charge in [0.25, 0.3) is 5.91 Å². The van der Waals surface area contributed by atoms with Gasteiger partial charge in [-0.15, -0.1) is 0 Å². The maximum atomic E-state index is 13.1. The highest BCUT2D eigenvalue weighted by atomic mass is 32.2. The molecule has 1 amide bonds. The molecule has 0 saturated carbocycles. The van der Waals surface area contributed by atoms with E-state index in [0.717, 1.165) is 6.54 Å². The van der Waals surface area contributed by atoms with Crippen LogP contribution in [0, 0.1) is 0 Å². The van der Waals surface area contributed by atoms with Gasteiger partial charge in [-0.25, -0.2) is 8.42 Å². The Morgan fingerprint density at radius 2 is 1.97 bits per heavy atom. The number of benzene rings is 1. The van der Waals surface area contributed by atoms with Crippen LogP contribution in [0.2, 0.25) is 0 Å². The lowest BCUT2D eigenvalue weighted by Crippen LogP contribution is -2.48. The van der Waals surface area contributed by atoms with Crippen LogP contribution in [0.25, 0.3) is 0 Å². The highest BCUT2D eigenvalue weighted by Gasteiger charge is 2.32. The molecule has 0 spiro atoms. The van der Waals surface area contributed by atoms with Gasteiger partial charge in [0, 0.05) is 31.4 Å². The fraction of sp³-hybridized carbons (Fsp3) is 0.500. The summed E-state index contributed by atoms with van der Waals surface area (Å²) in [6.45, 7) is 5.80. The number of rotatable bonds is 7. The first-order chi connectivity index (χ1) is 14.1. The summed E-state index contributed by atoms with van der Waals surface area (Å²) in [6.07, 6.45) is 2.96. The summed E-state index contributed by atoms with van der Waals surface area (Å²) in [6, 6.07) is 6.09. The van der Waals surface area contributed by atoms with E-state index in [0.29, 0.717) is 12.2 Å². The van der Waals surface area contributed by atoms with Crippen molar-refractivity contribution in [3.63, 3.8) is 0 Å². The van der Waals surface area contributed by atoms with Gasteiger partial charge in [0.15, 0.2) is 0 Å². The van der Waals surface area contributed by atoms with Crippen LogP contribution in [0.15, 0.2) is 41.6 Å². The van der Waals surface area contributed by atoms with Crippen molar-refractivity contribution in [1.29, 1.82) is 0 Å². The zero-order valence-corrected chi connectivity index (χ0v) is 18.6. The molecule has 30 heavy (non-hydrogen) atoms. The third-order valence-corrected chi connectivity index (χ3v) is 6.62. The van der Waals surface area contributed by atoms with Crippen LogP contribution >= 0.6 is 0 Å². The standard InChI is InChI=1S/C20H29N5O4S/c1-15-12-25(13-16(2)29-15)30(27,28)19-7-5-6-17(10-19)20(26)22-18-11-21-24(14-18)9-8-23(3)4/h5-7,10-11,14-16H,8-9,12-13H2,1-4H3,(H,22,26). The van der Waals surface area contributed by atoms with Gasteiger partial charge in [0.1, 0.15) is 0 Å². The fourth-order valence-electron chi connectivity index (χ4n) is 3.33. The lowest BCUT2D eigenvalue weighted by atomic mass is 10.2. The van der Waals surface area contributed by atoms with Crippen LogP contribution in [-0.4, -0.2) is 79.2 Å². The van der Waals surface area contributed by atoms with E-state index in [4.69, 9.17) is 4.74 Å². The van der Waals surface area contributed by atoms with E-state index in [1.165, 1.54) is 16.4 Å². The average Bonchev–Trinajstić information content (AvgIpc) is 3.13. The number of sulfonamides is 1. The van der Waals surface area contributed by atoms with Crippen molar-refractivity contribution < 1.29 is 17.9 Å². The van der Waals surface area contributed by atoms with Crippen molar-refractivity contribution in [1.82, 2.24) is 19.0 Å². The molecule has 0 bridgehead atoms. The normalized spacial score (nSPS) is 20.4. The zero-order chi connectivity index (χ0) is 21.9. The number of nitrogens with zero attached hydrogens (tertiary/aromatic N) is 4. The van der Waals surface area contributed by atoms with E-state index in [-0.39, 0.29) is 41.7 Å². The number of likely N-dealkylation sites (N-methyl/N-ethyl adjacent to an activating group) is 1. The summed E-state index contributed by atoms with van der Waals surface area (Å²) in [5.74, 6) is -0.386. The lowest BCUT2D eigenvalue weighted by molar-refractivity contribution is -0.0440. The van der Waals surface area contributed by atoms with Gasteiger partial charge in [0.2, 0.25) is 10.0 Å². The minimum atomic E-state index is -3.72. The smallest absolute Gasteiger partial charge is 0.255 e. The number of carbonyl (C=O) groups excluding carboxylic acids is 1. The third kappa shape index (κ3) is 5.45. The summed E-state index contributed by atoms with van der Waals surface area (Å²) in [4.78, 5) is 14.8. The van der Waals surface area contributed by atoms with E-state index < -0.39 is 10.0 Å². The topological polar surface area (TPSA) is 96.8 Å². The molecular weight excluding hydrogens is 406 g/mol. The summed E-state index contributed by atoms with van der Waals surface area (Å²) >= 11 is 0. The average molecular weight is 436 g/mol. The van der Waals surface area contributed by atoms with Crippen LogP contribution in [0.5, 0.6) is 0 Å². The summed E-state index contributed by atoms with van der Waals surface area (Å²) in [7, 11) is 0.239. The molecule has 1 fully saturated rings. The molecule has 2 unspecified atom stereocenters. The van der Waals surface area contributed by atoms with Gasteiger partial charge >= 0.3 is 0 Å². The van der Waals surface area contributed by atoms with Gasteiger partial charge in [-0.3, -0.25) is 9.48 Å². The first-order valence-corrected chi connectivity index (χ1v) is 11.3. The lowest BCUT2D eigenvalue weighted by Gasteiger charge is -2.34. The molecular formula is C20H29N5O4S. The largest absolute Gasteiger partial charge is 0.373 e. The molecule has 2 aromatic rings. The predicted octanol–water partition coefficient (Wildman–Crippen LogP) is 1.49. The van der Waals surface area contributed by atoms with E-state index in [1.807, 2.05) is 32.8 Å². The monoisotopic (exact) mass is 435 g/mol. The molecule has 3 rings (SSSR count). The molecule has 9 nitrogen and oxygen atoms in total. The Bertz CT molecular complexity index is 979. The minimum absolute atomic E-state index is 0.0955. The maximum absolute atomic E-state index is 13.1. The molecule has 1 aromatic heterocycles. The Morgan fingerprint density at radius 1 is 1.27 bits per heavy atom. The van der Waals surface area contributed by atoms with Crippen LogP contribution in [-0.2, 0) is 21.3 Å². The van der Waals surface area contributed by atoms with Crippen molar-refractivity contribution >= 4 is 21.6 Å². The maximum Gasteiger partial charge on any atom is 0.255 e. The molecule has 1 aliphatic heterocycles. The van der Waals surface area contributed by atoms with Gasteiger partial charge in [-0.2, -0.15) is 9.40 Å². The Labute approximate surface area is 177 Å². The number of amides is 1. The molecule has 1 aliphatic rings. The molecule has 1 saturated heterocycles. The Kier molecular flexibility index (Phi) is 6.91. The number of hydrogen-bond acceptors (Lipinski definition) is 6. The number of anilines is 1. The molecule has 0 aliphatic carbocycles. The van der Waals surface area contributed by atoms with Crippen molar-refractivity contribution in [3.05, 3.63) is 42.2 Å². The fourth-order valence-corrected chi connectivity index (χ4v) is 4.97. The number of morpholine rings is 1. The SMILES string of the molecule is CC1CN(S(=O)(=O)c2cccc(C(=O)Nc3cnn(CCN(C)C)c3)c2)CC(C)O1. The van der Waals surface area contributed by atoms with Crippen molar-refractivity contribution in [2.75, 3.05) is 39.0 Å². The van der Waals surface area contributed by atoms with Gasteiger partial charge in [0.05, 0.1) is 35.5 Å². The number of ether oxygens (including phenoxy) is 1. The van der Waals surface area contributed by atoms with Crippen LogP contribution in [0.4, 0.5) is 5.69 Å². The van der Waals surface area contributed by atoms with Gasteiger partial charge in [-0.05, 0) is 46.1 Å². The molecule has 1 aromatic carbocycles. The summed E-state index contributed by atoms with van der Waals surface area (Å²) in [5.41, 5.74) is 0.828. The number of aromatic nitrogens is 2. The first kappa shape index (κ1) is 22.4. The second kappa shape index (κ2) is 9.25. The molecule has 0 radical (unpaired) electrons. The summed E-state index contributed by atoms with van der Waals surface area (Å²) in [5, 5.41) is 7.00. The van der Waals surface area contributed by atoms with Gasteiger partial charge < -0.3 is 15.0 Å². The predicted molar refractivity (Wildman–Crippen MR) is 114 cm³/mol. The van der Waals surface area contributed by atoms with Crippen LogP contribution in [0.1, 0.15) is 24.2 Å². The van der Waals surface area contributed by atoms with E-state index >= 15 is 0 Å². The second-order valence-electron chi connectivity index (χ2n) is 7.86. The van der Waals surface area contributed by atoms with Crippen molar-refractivity contribution in [2.45, 2.75) is 37.5 Å². The highest BCUT2D eigenvalue weighted by molar-refractivity contribution is 7.89. The van der Waals surface area contributed by atoms with Crippen LogP contribution in [0.3, 0.4) is 0 Å². The van der Waals surface area contributed by atoms with Crippen LogP contribution < -0.4 is 5.32 Å². The van der Waals surface area contributed by atoms with Crippen molar-refractivity contribution in [2.24, 2.45) is 0 Å². The Balaban J connectivity index is 1.72. The molecule has 164 valence electrons. The number of hydrogen-bond donors (Lipinski definition) is 1. The van der Waals surface area contributed by atoms with Crippen molar-refractivity contribution in [3.8, 4) is 0 Å². The molecule has 10 heteroatoms. The summed E-state index contributed by atoms with van der Waals surface area (Å²) < 4.78 is 34.9. The Morgan fingerprint density at radius 3 is 2.63 bits per heavy atom.